The minimum Gasteiger partial charge on any atom is -0.481 e. The molecule has 0 radical (unpaired) electrons. The Labute approximate surface area is 109 Å². The van der Waals surface area contributed by atoms with Crippen LogP contribution in [0.4, 0.5) is 4.79 Å². The first-order valence-corrected chi connectivity index (χ1v) is 6.54. The Kier molecular flexibility index (Phi) is 4.99. The predicted molar refractivity (Wildman–Crippen MR) is 69.5 cm³/mol. The first-order chi connectivity index (χ1) is 8.32. The van der Waals surface area contributed by atoms with Crippen LogP contribution in [0.2, 0.25) is 0 Å². The lowest BCUT2D eigenvalue weighted by molar-refractivity contribution is -0.137. The van der Waals surface area contributed by atoms with Crippen LogP contribution >= 0.6 is 0 Å². The average Bonchev–Trinajstić information content (AvgIpc) is 3.09. The van der Waals surface area contributed by atoms with Gasteiger partial charge in [-0.3, -0.25) is 4.79 Å². The zero-order chi connectivity index (χ0) is 13.8. The zero-order valence-corrected chi connectivity index (χ0v) is 11.5. The molecule has 0 aromatic rings. The van der Waals surface area contributed by atoms with Gasteiger partial charge in [0.05, 0.1) is 0 Å². The molecule has 0 heterocycles. The number of carboxylic acid groups (broad SMARTS) is 1. The molecule has 0 aromatic heterocycles. The van der Waals surface area contributed by atoms with E-state index < -0.39 is 5.97 Å². The van der Waals surface area contributed by atoms with Gasteiger partial charge in [-0.2, -0.15) is 0 Å². The fourth-order valence-corrected chi connectivity index (χ4v) is 1.83. The van der Waals surface area contributed by atoms with Crippen molar-refractivity contribution >= 4 is 12.0 Å². The minimum absolute atomic E-state index is 0.0217. The maximum absolute atomic E-state index is 11.7. The van der Waals surface area contributed by atoms with E-state index in [0.29, 0.717) is 19.0 Å². The van der Waals surface area contributed by atoms with E-state index in [9.17, 15) is 9.59 Å². The van der Waals surface area contributed by atoms with E-state index in [1.165, 1.54) is 0 Å². The number of carbonyl (C=O) groups is 2. The molecular weight excluding hydrogens is 232 g/mol. The minimum atomic E-state index is -0.763. The third-order valence-corrected chi connectivity index (χ3v) is 3.51. The third-order valence-electron chi connectivity index (χ3n) is 3.51. The summed E-state index contributed by atoms with van der Waals surface area (Å²) in [5, 5.41) is 11.5. The van der Waals surface area contributed by atoms with Crippen molar-refractivity contribution in [3.8, 4) is 0 Å². The lowest BCUT2D eigenvalue weighted by atomic mass is 9.84. The Balaban J connectivity index is 2.18. The summed E-state index contributed by atoms with van der Waals surface area (Å²) in [6.07, 6.45) is 3.83. The molecule has 2 N–H and O–H groups in total. The summed E-state index contributed by atoms with van der Waals surface area (Å²) in [5.74, 6) is -0.763. The van der Waals surface area contributed by atoms with E-state index in [1.54, 1.807) is 4.90 Å². The highest BCUT2D eigenvalue weighted by Crippen LogP contribution is 2.27. The van der Waals surface area contributed by atoms with E-state index in [1.807, 2.05) is 20.9 Å². The van der Waals surface area contributed by atoms with Crippen LogP contribution in [0.15, 0.2) is 0 Å². The molecule has 0 aromatic carbocycles. The Bertz CT molecular complexity index is 311. The zero-order valence-electron chi connectivity index (χ0n) is 11.5. The van der Waals surface area contributed by atoms with Gasteiger partial charge in [-0.05, 0) is 31.1 Å². The van der Waals surface area contributed by atoms with Gasteiger partial charge in [0.2, 0.25) is 0 Å². The van der Waals surface area contributed by atoms with E-state index >= 15 is 0 Å². The number of hydrogen-bond acceptors (Lipinski definition) is 2. The van der Waals surface area contributed by atoms with Gasteiger partial charge in [0.1, 0.15) is 0 Å². The number of carbonyl (C=O) groups excluding carboxylic acids is 1. The highest BCUT2D eigenvalue weighted by Gasteiger charge is 2.29. The van der Waals surface area contributed by atoms with Gasteiger partial charge < -0.3 is 15.3 Å². The van der Waals surface area contributed by atoms with Crippen molar-refractivity contribution < 1.29 is 14.7 Å². The number of hydrogen-bond donors (Lipinski definition) is 2. The number of rotatable bonds is 7. The quantitative estimate of drug-likeness (QED) is 0.732. The van der Waals surface area contributed by atoms with Crippen molar-refractivity contribution in [3.63, 3.8) is 0 Å². The van der Waals surface area contributed by atoms with Crippen LogP contribution in [0.25, 0.3) is 0 Å². The number of amides is 2. The Hall–Kier alpha value is -1.26. The molecule has 5 heteroatoms. The highest BCUT2D eigenvalue weighted by atomic mass is 16.4. The second kappa shape index (κ2) is 6.07. The summed E-state index contributed by atoms with van der Waals surface area (Å²) in [6, 6.07) is 0.400. The van der Waals surface area contributed by atoms with Crippen LogP contribution in [0.5, 0.6) is 0 Å². The Morgan fingerprint density at radius 3 is 2.44 bits per heavy atom. The SMILES string of the molecule is CN(C(=O)NCCC(C)(C)CCC(=O)O)C1CC1. The topological polar surface area (TPSA) is 69.6 Å². The molecule has 1 aliphatic carbocycles. The smallest absolute Gasteiger partial charge is 0.317 e. The number of aliphatic carboxylic acids is 1. The van der Waals surface area contributed by atoms with Crippen molar-refractivity contribution in [1.82, 2.24) is 10.2 Å². The molecule has 2 amide bonds. The normalized spacial score (nSPS) is 15.3. The molecule has 1 saturated carbocycles. The molecule has 0 aliphatic heterocycles. The van der Waals surface area contributed by atoms with Gasteiger partial charge in [-0.1, -0.05) is 13.8 Å². The van der Waals surface area contributed by atoms with Crippen LogP contribution in [-0.4, -0.2) is 41.6 Å². The number of carboxylic acids is 1. The van der Waals surface area contributed by atoms with Crippen molar-refractivity contribution in [2.75, 3.05) is 13.6 Å². The van der Waals surface area contributed by atoms with Gasteiger partial charge >= 0.3 is 12.0 Å². The molecule has 5 nitrogen and oxygen atoms in total. The second-order valence-corrected chi connectivity index (χ2v) is 5.88. The van der Waals surface area contributed by atoms with Crippen LogP contribution in [-0.2, 0) is 4.79 Å². The highest BCUT2D eigenvalue weighted by molar-refractivity contribution is 5.74. The predicted octanol–water partition coefficient (Wildman–Crippen LogP) is 2.07. The maximum atomic E-state index is 11.7. The third kappa shape index (κ3) is 5.38. The summed E-state index contributed by atoms with van der Waals surface area (Å²) in [5.41, 5.74) is -0.0518. The fraction of sp³-hybridized carbons (Fsp3) is 0.846. The molecule has 1 aliphatic rings. The van der Waals surface area contributed by atoms with Crippen molar-refractivity contribution in [2.24, 2.45) is 5.41 Å². The molecular formula is C13H24N2O3. The number of urea groups is 1. The summed E-state index contributed by atoms with van der Waals surface area (Å²) in [6.45, 7) is 4.67. The molecule has 0 unspecified atom stereocenters. The van der Waals surface area contributed by atoms with Crippen LogP contribution in [0.1, 0.15) is 46.0 Å². The van der Waals surface area contributed by atoms with Gasteiger partial charge in [-0.25, -0.2) is 4.79 Å². The Morgan fingerprint density at radius 1 is 1.33 bits per heavy atom. The molecule has 0 atom stereocenters. The first kappa shape index (κ1) is 14.8. The van der Waals surface area contributed by atoms with Gasteiger partial charge in [0, 0.05) is 26.1 Å². The van der Waals surface area contributed by atoms with E-state index in [2.05, 4.69) is 5.32 Å². The fourth-order valence-electron chi connectivity index (χ4n) is 1.83. The van der Waals surface area contributed by atoms with Crippen molar-refractivity contribution in [1.29, 1.82) is 0 Å². The molecule has 18 heavy (non-hydrogen) atoms. The lowest BCUT2D eigenvalue weighted by Gasteiger charge is -2.25. The van der Waals surface area contributed by atoms with Crippen LogP contribution < -0.4 is 5.32 Å². The summed E-state index contributed by atoms with van der Waals surface area (Å²) < 4.78 is 0. The largest absolute Gasteiger partial charge is 0.481 e. The second-order valence-electron chi connectivity index (χ2n) is 5.88. The summed E-state index contributed by atoms with van der Waals surface area (Å²) >= 11 is 0. The van der Waals surface area contributed by atoms with Crippen molar-refractivity contribution in [3.05, 3.63) is 0 Å². The van der Waals surface area contributed by atoms with E-state index in [-0.39, 0.29) is 17.9 Å². The maximum Gasteiger partial charge on any atom is 0.317 e. The van der Waals surface area contributed by atoms with Crippen LogP contribution in [0.3, 0.4) is 0 Å². The van der Waals surface area contributed by atoms with E-state index in [4.69, 9.17) is 5.11 Å². The lowest BCUT2D eigenvalue weighted by Crippen LogP contribution is -2.39. The Morgan fingerprint density at radius 2 is 1.94 bits per heavy atom. The summed E-state index contributed by atoms with van der Waals surface area (Å²) in [7, 11) is 1.82. The van der Waals surface area contributed by atoms with Gasteiger partial charge in [0.15, 0.2) is 0 Å². The number of nitrogens with one attached hydrogen (secondary N) is 1. The monoisotopic (exact) mass is 256 g/mol. The van der Waals surface area contributed by atoms with E-state index in [0.717, 1.165) is 19.3 Å². The molecule has 0 bridgehead atoms. The molecule has 1 rings (SSSR count). The molecule has 0 saturated heterocycles. The number of nitrogens with zero attached hydrogens (tertiary/aromatic N) is 1. The van der Waals surface area contributed by atoms with Gasteiger partial charge in [-0.15, -0.1) is 0 Å². The molecule has 0 spiro atoms. The summed E-state index contributed by atoms with van der Waals surface area (Å²) in [4.78, 5) is 24.0. The first-order valence-electron chi connectivity index (χ1n) is 6.54. The molecule has 1 fully saturated rings. The standard InChI is InChI=1S/C13H24N2O3/c1-13(2,7-6-11(16)17)8-9-14-12(18)15(3)10-4-5-10/h10H,4-9H2,1-3H3,(H,14,18)(H,16,17). The van der Waals surface area contributed by atoms with Crippen molar-refractivity contribution in [2.45, 2.75) is 52.0 Å². The average molecular weight is 256 g/mol. The van der Waals surface area contributed by atoms with Gasteiger partial charge in [0.25, 0.3) is 0 Å². The van der Waals surface area contributed by atoms with Crippen LogP contribution in [0, 0.1) is 5.41 Å². The molecule has 104 valence electrons.